The van der Waals surface area contributed by atoms with Gasteiger partial charge in [-0.15, -0.1) is 0 Å². The van der Waals surface area contributed by atoms with Crippen molar-refractivity contribution in [2.75, 3.05) is 6.61 Å². The Morgan fingerprint density at radius 3 is 1.52 bits per heavy atom. The Morgan fingerprint density at radius 1 is 0.760 bits per heavy atom. The maximum Gasteiger partial charge on any atom is 0.159 e. The van der Waals surface area contributed by atoms with Crippen LogP contribution in [0, 0.1) is 5.41 Å². The van der Waals surface area contributed by atoms with Gasteiger partial charge in [0.2, 0.25) is 0 Å². The highest BCUT2D eigenvalue weighted by atomic mass is 16.2. The second kappa shape index (κ2) is 12.7. The van der Waals surface area contributed by atoms with E-state index < -0.39 is 0 Å². The Labute approximate surface area is 156 Å². The van der Waals surface area contributed by atoms with Gasteiger partial charge in [-0.05, 0) is 37.2 Å². The van der Waals surface area contributed by atoms with Crippen molar-refractivity contribution >= 4 is 5.78 Å². The van der Waals surface area contributed by atoms with Crippen LogP contribution in [0.4, 0.5) is 0 Å². The summed E-state index contributed by atoms with van der Waals surface area (Å²) in [5.41, 5.74) is 2.59. The van der Waals surface area contributed by atoms with E-state index in [4.69, 9.17) is 5.11 Å². The summed E-state index contributed by atoms with van der Waals surface area (Å²) in [6, 6.07) is 0. The molecule has 0 amide bonds. The lowest BCUT2D eigenvalue weighted by Gasteiger charge is -2.22. The fourth-order valence-corrected chi connectivity index (χ4v) is 4.20. The largest absolute Gasteiger partial charge is 0.396 e. The molecule has 2 nitrogen and oxygen atoms in total. The summed E-state index contributed by atoms with van der Waals surface area (Å²) in [5.74, 6) is 0.369. The number of carbonyl (C=O) groups is 1. The van der Waals surface area contributed by atoms with Crippen LogP contribution in [-0.4, -0.2) is 17.5 Å². The van der Waals surface area contributed by atoms with E-state index >= 15 is 0 Å². The van der Waals surface area contributed by atoms with Gasteiger partial charge >= 0.3 is 0 Å². The number of hydrogen-bond donors (Lipinski definition) is 1. The quantitative estimate of drug-likeness (QED) is 0.331. The van der Waals surface area contributed by atoms with Gasteiger partial charge in [-0.25, -0.2) is 0 Å². The van der Waals surface area contributed by atoms with Crippen LogP contribution in [0.2, 0.25) is 0 Å². The molecule has 0 atom stereocenters. The van der Waals surface area contributed by atoms with Crippen molar-refractivity contribution in [2.45, 2.75) is 117 Å². The van der Waals surface area contributed by atoms with Gasteiger partial charge in [0.25, 0.3) is 0 Å². The minimum absolute atomic E-state index is 0.110. The van der Waals surface area contributed by atoms with E-state index in [2.05, 4.69) is 13.8 Å². The van der Waals surface area contributed by atoms with Crippen LogP contribution in [0.15, 0.2) is 11.1 Å². The van der Waals surface area contributed by atoms with Crippen molar-refractivity contribution in [3.63, 3.8) is 0 Å². The Hall–Kier alpha value is -0.630. The first kappa shape index (κ1) is 22.4. The fourth-order valence-electron chi connectivity index (χ4n) is 4.20. The molecule has 0 aromatic carbocycles. The molecule has 0 aromatic heterocycles. The Kier molecular flexibility index (Phi) is 11.4. The molecule has 0 saturated carbocycles. The number of carbonyl (C=O) groups excluding carboxylic acids is 1. The van der Waals surface area contributed by atoms with E-state index in [1.807, 2.05) is 6.92 Å². The van der Waals surface area contributed by atoms with Crippen LogP contribution < -0.4 is 0 Å². The Bertz CT molecular complexity index is 406. The smallest absolute Gasteiger partial charge is 0.159 e. The van der Waals surface area contributed by atoms with Crippen molar-refractivity contribution in [3.05, 3.63) is 11.1 Å². The van der Waals surface area contributed by atoms with Gasteiger partial charge in [-0.2, -0.15) is 0 Å². The highest BCUT2D eigenvalue weighted by Crippen LogP contribution is 2.42. The van der Waals surface area contributed by atoms with Gasteiger partial charge in [-0.1, -0.05) is 90.0 Å². The van der Waals surface area contributed by atoms with Crippen LogP contribution in [-0.2, 0) is 4.79 Å². The van der Waals surface area contributed by atoms with E-state index in [9.17, 15) is 4.79 Å². The first-order valence-corrected chi connectivity index (χ1v) is 10.8. The van der Waals surface area contributed by atoms with Crippen LogP contribution >= 0.6 is 0 Å². The number of allylic oxidation sites excluding steroid dienone is 2. The van der Waals surface area contributed by atoms with Gasteiger partial charge in [-0.3, -0.25) is 4.79 Å². The van der Waals surface area contributed by atoms with Crippen molar-refractivity contribution in [3.8, 4) is 0 Å². The number of aliphatic hydroxyl groups is 1. The van der Waals surface area contributed by atoms with Gasteiger partial charge < -0.3 is 5.11 Å². The molecule has 0 heterocycles. The van der Waals surface area contributed by atoms with Crippen molar-refractivity contribution in [1.82, 2.24) is 0 Å². The molecule has 1 aliphatic rings. The molecule has 25 heavy (non-hydrogen) atoms. The maximum absolute atomic E-state index is 11.9. The van der Waals surface area contributed by atoms with Gasteiger partial charge in [0, 0.05) is 13.0 Å². The fraction of sp³-hybridized carbons (Fsp3) is 0.870. The molecular weight excluding hydrogens is 308 g/mol. The summed E-state index contributed by atoms with van der Waals surface area (Å²) in [6.45, 7) is 6.83. The van der Waals surface area contributed by atoms with E-state index in [1.165, 1.54) is 82.6 Å². The Balaban J connectivity index is 1.90. The zero-order valence-electron chi connectivity index (χ0n) is 17.2. The second-order valence-electron chi connectivity index (χ2n) is 8.66. The van der Waals surface area contributed by atoms with Gasteiger partial charge in [0.15, 0.2) is 5.78 Å². The zero-order chi connectivity index (χ0) is 18.5. The lowest BCUT2D eigenvalue weighted by Crippen LogP contribution is -2.11. The molecule has 0 bridgehead atoms. The summed E-state index contributed by atoms with van der Waals surface area (Å²) in [6.07, 6.45) is 18.8. The number of ketones is 1. The SMILES string of the molecule is CC1=C(CCCCCCCCCCCCCCCO)C(C)(C)CC1=O. The first-order chi connectivity index (χ1) is 12.0. The molecular formula is C23H42O2. The predicted molar refractivity (Wildman–Crippen MR) is 108 cm³/mol. The maximum atomic E-state index is 11.9. The molecule has 146 valence electrons. The monoisotopic (exact) mass is 350 g/mol. The van der Waals surface area contributed by atoms with Crippen LogP contribution in [0.25, 0.3) is 0 Å². The van der Waals surface area contributed by atoms with Crippen LogP contribution in [0.5, 0.6) is 0 Å². The lowest BCUT2D eigenvalue weighted by atomic mass is 9.82. The standard InChI is InChI=1S/C23H42O2/c1-20-21(23(2,3)19-22(20)25)17-15-13-11-9-7-5-4-6-8-10-12-14-16-18-24/h24H,4-19H2,1-3H3. The number of rotatable bonds is 15. The molecule has 0 radical (unpaired) electrons. The number of aliphatic hydroxyl groups excluding tert-OH is 1. The van der Waals surface area contributed by atoms with Crippen molar-refractivity contribution in [2.24, 2.45) is 5.41 Å². The van der Waals surface area contributed by atoms with E-state index in [-0.39, 0.29) is 5.41 Å². The minimum Gasteiger partial charge on any atom is -0.396 e. The van der Waals surface area contributed by atoms with E-state index in [1.54, 1.807) is 0 Å². The minimum atomic E-state index is 0.110. The molecule has 1 rings (SSSR count). The zero-order valence-corrected chi connectivity index (χ0v) is 17.2. The first-order valence-electron chi connectivity index (χ1n) is 10.8. The number of hydrogen-bond acceptors (Lipinski definition) is 2. The molecule has 0 saturated heterocycles. The summed E-state index contributed by atoms with van der Waals surface area (Å²) in [7, 11) is 0. The normalized spacial score (nSPS) is 16.9. The third-order valence-electron chi connectivity index (χ3n) is 5.88. The summed E-state index contributed by atoms with van der Waals surface area (Å²) in [4.78, 5) is 11.9. The molecule has 0 spiro atoms. The van der Waals surface area contributed by atoms with Crippen molar-refractivity contribution in [1.29, 1.82) is 0 Å². The molecule has 1 N–H and O–H groups in total. The topological polar surface area (TPSA) is 37.3 Å². The third-order valence-corrected chi connectivity index (χ3v) is 5.88. The summed E-state index contributed by atoms with van der Waals surface area (Å²) in [5, 5.41) is 8.73. The highest BCUT2D eigenvalue weighted by Gasteiger charge is 2.35. The molecule has 0 aromatic rings. The molecule has 0 unspecified atom stereocenters. The number of Topliss-reactive ketones (excluding diaryl/α,β-unsaturated/α-hetero) is 1. The predicted octanol–water partition coefficient (Wildman–Crippen LogP) is 6.76. The Morgan fingerprint density at radius 2 is 1.16 bits per heavy atom. The number of unbranched alkanes of at least 4 members (excludes halogenated alkanes) is 12. The highest BCUT2D eigenvalue weighted by molar-refractivity contribution is 5.99. The second-order valence-corrected chi connectivity index (χ2v) is 8.66. The molecule has 2 heteroatoms. The van der Waals surface area contributed by atoms with Crippen LogP contribution in [0.3, 0.4) is 0 Å². The van der Waals surface area contributed by atoms with Gasteiger partial charge in [0.1, 0.15) is 0 Å². The average Bonchev–Trinajstić information content (AvgIpc) is 2.76. The molecule has 0 fully saturated rings. The average molecular weight is 351 g/mol. The third kappa shape index (κ3) is 9.03. The molecule has 0 aliphatic heterocycles. The lowest BCUT2D eigenvalue weighted by molar-refractivity contribution is -0.115. The molecule has 1 aliphatic carbocycles. The summed E-state index contributed by atoms with van der Waals surface area (Å²) >= 11 is 0. The summed E-state index contributed by atoms with van der Waals surface area (Å²) < 4.78 is 0. The van der Waals surface area contributed by atoms with Gasteiger partial charge in [0.05, 0.1) is 0 Å². The van der Waals surface area contributed by atoms with Crippen LogP contribution in [0.1, 0.15) is 117 Å². The van der Waals surface area contributed by atoms with E-state index in [0.717, 1.165) is 24.8 Å². The van der Waals surface area contributed by atoms with E-state index in [0.29, 0.717) is 12.4 Å². The van der Waals surface area contributed by atoms with Crippen molar-refractivity contribution < 1.29 is 9.90 Å².